The number of benzene rings is 2. The number of halogens is 1. The highest BCUT2D eigenvalue weighted by Crippen LogP contribution is 2.34. The van der Waals surface area contributed by atoms with Crippen LogP contribution in [-0.2, 0) is 4.79 Å². The molecule has 4 nitrogen and oxygen atoms in total. The number of hydrogen-bond acceptors (Lipinski definition) is 4. The molecule has 1 amide bonds. The number of thioether (sulfide) groups is 1. The van der Waals surface area contributed by atoms with Crippen LogP contribution in [0.3, 0.4) is 0 Å². The smallest absolute Gasteiger partial charge is 0.234 e. The highest BCUT2D eigenvalue weighted by Gasteiger charge is 2.14. The Bertz CT molecular complexity index is 738. The second-order valence-electron chi connectivity index (χ2n) is 5.38. The van der Waals surface area contributed by atoms with Gasteiger partial charge in [-0.3, -0.25) is 4.79 Å². The van der Waals surface area contributed by atoms with Crippen molar-refractivity contribution in [1.82, 2.24) is 0 Å². The van der Waals surface area contributed by atoms with Crippen molar-refractivity contribution in [2.75, 3.05) is 24.3 Å². The van der Waals surface area contributed by atoms with E-state index in [2.05, 4.69) is 5.32 Å². The summed E-state index contributed by atoms with van der Waals surface area (Å²) in [7, 11) is 0. The third kappa shape index (κ3) is 4.16. The molecule has 1 atom stereocenters. The first kappa shape index (κ1) is 17.0. The Labute approximate surface area is 150 Å². The van der Waals surface area contributed by atoms with E-state index in [-0.39, 0.29) is 11.2 Å². The van der Waals surface area contributed by atoms with E-state index >= 15 is 0 Å². The molecule has 1 aliphatic rings. The van der Waals surface area contributed by atoms with Gasteiger partial charge < -0.3 is 14.8 Å². The van der Waals surface area contributed by atoms with Crippen LogP contribution in [0.5, 0.6) is 11.5 Å². The Hall–Kier alpha value is -1.85. The van der Waals surface area contributed by atoms with Gasteiger partial charge in [-0.25, -0.2) is 0 Å². The minimum absolute atomic E-state index is 0.0596. The molecule has 1 aliphatic heterocycles. The van der Waals surface area contributed by atoms with Crippen LogP contribution in [0.2, 0.25) is 5.02 Å². The second kappa shape index (κ2) is 7.81. The molecule has 2 aromatic rings. The van der Waals surface area contributed by atoms with Gasteiger partial charge in [0.05, 0.1) is 5.75 Å². The molecule has 0 saturated heterocycles. The zero-order valence-corrected chi connectivity index (χ0v) is 14.8. The Kier molecular flexibility index (Phi) is 5.53. The van der Waals surface area contributed by atoms with Crippen molar-refractivity contribution in [3.05, 3.63) is 53.1 Å². The number of carbonyl (C=O) groups is 1. The molecular weight excluding hydrogens is 346 g/mol. The van der Waals surface area contributed by atoms with Crippen molar-refractivity contribution in [1.29, 1.82) is 0 Å². The quantitative estimate of drug-likeness (QED) is 0.846. The summed E-state index contributed by atoms with van der Waals surface area (Å²) in [6, 6.07) is 13.1. The summed E-state index contributed by atoms with van der Waals surface area (Å²) in [5.74, 6) is 1.66. The monoisotopic (exact) mass is 363 g/mol. The number of amides is 1. The van der Waals surface area contributed by atoms with Gasteiger partial charge in [0.15, 0.2) is 11.5 Å². The lowest BCUT2D eigenvalue weighted by Gasteiger charge is -2.19. The second-order valence-corrected chi connectivity index (χ2v) is 7.12. The normalized spacial score (nSPS) is 14.1. The third-order valence-electron chi connectivity index (χ3n) is 3.63. The minimum atomic E-state index is -0.0596. The lowest BCUT2D eigenvalue weighted by molar-refractivity contribution is -0.113. The molecule has 6 heteroatoms. The van der Waals surface area contributed by atoms with Crippen LogP contribution in [0.4, 0.5) is 5.69 Å². The Morgan fingerprint density at radius 1 is 1.21 bits per heavy atom. The molecule has 2 aromatic carbocycles. The fourth-order valence-electron chi connectivity index (χ4n) is 2.41. The van der Waals surface area contributed by atoms with Crippen LogP contribution in [0, 0.1) is 0 Å². The molecule has 1 N–H and O–H groups in total. The van der Waals surface area contributed by atoms with Crippen LogP contribution < -0.4 is 14.8 Å². The number of carbonyl (C=O) groups excluding carboxylic acids is 1. The average Bonchev–Trinajstić information content (AvgIpc) is 2.60. The lowest BCUT2D eigenvalue weighted by atomic mass is 10.2. The summed E-state index contributed by atoms with van der Waals surface area (Å²) in [4.78, 5) is 12.2. The average molecular weight is 364 g/mol. The molecular formula is C18H18ClNO3S. The van der Waals surface area contributed by atoms with E-state index in [0.29, 0.717) is 36.2 Å². The van der Waals surface area contributed by atoms with E-state index < -0.39 is 0 Å². The molecule has 0 aliphatic carbocycles. The van der Waals surface area contributed by atoms with Gasteiger partial charge in [0.25, 0.3) is 0 Å². The lowest BCUT2D eigenvalue weighted by Crippen LogP contribution is -2.17. The molecule has 0 fully saturated rings. The number of nitrogens with one attached hydrogen (secondary N) is 1. The number of hydrogen-bond donors (Lipinski definition) is 1. The highest BCUT2D eigenvalue weighted by atomic mass is 35.5. The molecule has 1 unspecified atom stereocenters. The molecule has 24 heavy (non-hydrogen) atoms. The summed E-state index contributed by atoms with van der Waals surface area (Å²) in [6.07, 6.45) is 0. The highest BCUT2D eigenvalue weighted by molar-refractivity contribution is 8.00. The van der Waals surface area contributed by atoms with Gasteiger partial charge in [-0.05, 0) is 30.7 Å². The van der Waals surface area contributed by atoms with E-state index in [9.17, 15) is 4.79 Å². The fraction of sp³-hybridized carbons (Fsp3) is 0.278. The van der Waals surface area contributed by atoms with Gasteiger partial charge in [0.2, 0.25) is 5.91 Å². The molecule has 0 aromatic heterocycles. The Morgan fingerprint density at radius 3 is 2.75 bits per heavy atom. The number of rotatable bonds is 5. The molecule has 3 rings (SSSR count). The van der Waals surface area contributed by atoms with Gasteiger partial charge in [-0.2, -0.15) is 0 Å². The van der Waals surface area contributed by atoms with Crippen molar-refractivity contribution >= 4 is 35.0 Å². The number of anilines is 1. The van der Waals surface area contributed by atoms with E-state index in [1.807, 2.05) is 43.3 Å². The SMILES string of the molecule is CC(SCC(=O)Nc1ccc2c(c1)OCCO2)c1ccccc1Cl. The molecule has 0 spiro atoms. The minimum Gasteiger partial charge on any atom is -0.486 e. The first-order valence-corrected chi connectivity index (χ1v) is 9.11. The summed E-state index contributed by atoms with van der Waals surface area (Å²) < 4.78 is 11.0. The van der Waals surface area contributed by atoms with Gasteiger partial charge in [0.1, 0.15) is 13.2 Å². The maximum atomic E-state index is 12.2. The molecule has 0 saturated carbocycles. The first-order chi connectivity index (χ1) is 11.6. The number of ether oxygens (including phenoxy) is 2. The zero-order chi connectivity index (χ0) is 16.9. The first-order valence-electron chi connectivity index (χ1n) is 7.69. The third-order valence-corrected chi connectivity index (χ3v) is 5.16. The van der Waals surface area contributed by atoms with Crippen molar-refractivity contribution in [2.45, 2.75) is 12.2 Å². The van der Waals surface area contributed by atoms with Crippen LogP contribution in [0.15, 0.2) is 42.5 Å². The standard InChI is InChI=1S/C18H18ClNO3S/c1-12(14-4-2-3-5-15(14)19)24-11-18(21)20-13-6-7-16-17(10-13)23-9-8-22-16/h2-7,10,12H,8-9,11H2,1H3,(H,20,21). The van der Waals surface area contributed by atoms with Gasteiger partial charge in [0, 0.05) is 22.0 Å². The number of fused-ring (bicyclic) bond motifs is 1. The van der Waals surface area contributed by atoms with Crippen molar-refractivity contribution in [3.63, 3.8) is 0 Å². The van der Waals surface area contributed by atoms with E-state index in [4.69, 9.17) is 21.1 Å². The van der Waals surface area contributed by atoms with Crippen LogP contribution in [0.1, 0.15) is 17.7 Å². The van der Waals surface area contributed by atoms with E-state index in [0.717, 1.165) is 10.6 Å². The summed E-state index contributed by atoms with van der Waals surface area (Å²) >= 11 is 7.74. The Balaban J connectivity index is 1.55. The predicted molar refractivity (Wildman–Crippen MR) is 98.4 cm³/mol. The van der Waals surface area contributed by atoms with Gasteiger partial charge >= 0.3 is 0 Å². The van der Waals surface area contributed by atoms with Gasteiger partial charge in [-0.15, -0.1) is 11.8 Å². The fourth-order valence-corrected chi connectivity index (χ4v) is 3.64. The van der Waals surface area contributed by atoms with Crippen LogP contribution >= 0.6 is 23.4 Å². The van der Waals surface area contributed by atoms with Crippen molar-refractivity contribution in [2.24, 2.45) is 0 Å². The van der Waals surface area contributed by atoms with Gasteiger partial charge in [-0.1, -0.05) is 29.8 Å². The maximum Gasteiger partial charge on any atom is 0.234 e. The predicted octanol–water partition coefficient (Wildman–Crippen LogP) is 4.54. The molecule has 1 heterocycles. The topological polar surface area (TPSA) is 47.6 Å². The summed E-state index contributed by atoms with van der Waals surface area (Å²) in [5, 5.41) is 3.76. The van der Waals surface area contributed by atoms with Crippen LogP contribution in [0.25, 0.3) is 0 Å². The van der Waals surface area contributed by atoms with Crippen molar-refractivity contribution < 1.29 is 14.3 Å². The summed E-state index contributed by atoms with van der Waals surface area (Å²) in [6.45, 7) is 3.12. The molecule has 0 radical (unpaired) electrons. The van der Waals surface area contributed by atoms with Crippen LogP contribution in [-0.4, -0.2) is 24.9 Å². The largest absolute Gasteiger partial charge is 0.486 e. The zero-order valence-electron chi connectivity index (χ0n) is 13.3. The molecule has 0 bridgehead atoms. The van der Waals surface area contributed by atoms with E-state index in [1.165, 1.54) is 0 Å². The maximum absolute atomic E-state index is 12.2. The molecule has 126 valence electrons. The van der Waals surface area contributed by atoms with Crippen molar-refractivity contribution in [3.8, 4) is 11.5 Å². The summed E-state index contributed by atoms with van der Waals surface area (Å²) in [5.41, 5.74) is 1.74. The Morgan fingerprint density at radius 2 is 1.96 bits per heavy atom. The van der Waals surface area contributed by atoms with E-state index in [1.54, 1.807) is 17.8 Å².